The van der Waals surface area contributed by atoms with Gasteiger partial charge in [-0.2, -0.15) is 0 Å². The maximum absolute atomic E-state index is 4.91. The zero-order valence-corrected chi connectivity index (χ0v) is 27.1. The van der Waals surface area contributed by atoms with Crippen LogP contribution in [0.15, 0.2) is 52.4 Å². The molecule has 0 unspecified atom stereocenters. The van der Waals surface area contributed by atoms with E-state index in [1.807, 2.05) is 32.0 Å². The summed E-state index contributed by atoms with van der Waals surface area (Å²) < 4.78 is 0. The van der Waals surface area contributed by atoms with Crippen LogP contribution >= 0.6 is 35.8 Å². The largest absolute Gasteiger partial charge is 0 e. The molecule has 0 aliphatic heterocycles. The molecule has 1 heterocycles. The molecule has 0 aliphatic rings. The van der Waals surface area contributed by atoms with Crippen molar-refractivity contribution >= 4 is 58.6 Å². The van der Waals surface area contributed by atoms with Gasteiger partial charge in [0.05, 0.1) is 34.2 Å². The van der Waals surface area contributed by atoms with Gasteiger partial charge in [-0.1, -0.05) is 41.5 Å². The molecular weight excluding hydrogens is 688 g/mol. The summed E-state index contributed by atoms with van der Waals surface area (Å²) in [4.78, 5) is 16.9. The van der Waals surface area contributed by atoms with Gasteiger partial charge in [0.15, 0.2) is 0 Å². The van der Waals surface area contributed by atoms with Crippen molar-refractivity contribution in [1.29, 1.82) is 0 Å². The van der Waals surface area contributed by atoms with Gasteiger partial charge < -0.3 is 0 Å². The summed E-state index contributed by atoms with van der Waals surface area (Å²) >= 11 is 2.86. The Morgan fingerprint density at radius 2 is 1.00 bits per heavy atom. The molecule has 0 radical (unpaired) electrons. The van der Waals surface area contributed by atoms with Crippen molar-refractivity contribution in [3.05, 3.63) is 87.2 Å². The third-order valence-corrected chi connectivity index (χ3v) is 5.32. The van der Waals surface area contributed by atoms with Crippen LogP contribution in [-0.4, -0.2) is 21.3 Å². The average Bonchev–Trinajstić information content (AvgIpc) is 2.73. The molecular formula is C28H35FeI2N3. The second-order valence-electron chi connectivity index (χ2n) is 8.45. The van der Waals surface area contributed by atoms with Crippen LogP contribution in [0.25, 0.3) is 0 Å². The third kappa shape index (κ3) is 8.54. The van der Waals surface area contributed by atoms with E-state index in [9.17, 15) is 0 Å². The second-order valence-corrected chi connectivity index (χ2v) is 15.2. The standard InChI is InChI=1S/C27H31N3.CH4I2.Fe/c1-16-12-18(3)26(19(4)13-16)28-22(7)24-10-9-11-25(30-24)23(8)29-27-20(5)14-17(2)15-21(27)6;1-3-2;/h9-15H,1-8H3;3H,1H3;. The molecule has 6 heteroatoms. The molecule has 0 fully saturated rings. The molecule has 3 nitrogen and oxygen atoms in total. The van der Waals surface area contributed by atoms with Crippen LogP contribution in [0.2, 0.25) is 0 Å². The first-order valence-electron chi connectivity index (χ1n) is 11.0. The van der Waals surface area contributed by atoms with Crippen molar-refractivity contribution in [2.45, 2.75) is 55.4 Å². The van der Waals surface area contributed by atoms with Gasteiger partial charge in [0.1, 0.15) is 0 Å². The van der Waals surface area contributed by atoms with E-state index in [4.69, 9.17) is 15.0 Å². The number of alkyl halides is 1. The van der Waals surface area contributed by atoms with Crippen molar-refractivity contribution in [2.24, 2.45) is 9.98 Å². The van der Waals surface area contributed by atoms with Gasteiger partial charge in [-0.05, 0) is 89.8 Å². The molecule has 2 aromatic carbocycles. The first-order valence-corrected chi connectivity index (χ1v) is 20.1. The van der Waals surface area contributed by atoms with Crippen molar-refractivity contribution in [1.82, 2.24) is 4.98 Å². The Balaban J connectivity index is 0.00000137. The Morgan fingerprint density at radius 1 is 0.706 bits per heavy atom. The van der Waals surface area contributed by atoms with Gasteiger partial charge in [-0.25, -0.2) is 4.98 Å². The van der Waals surface area contributed by atoms with Gasteiger partial charge in [0, 0.05) is 17.1 Å². The number of hydrogen-bond acceptors (Lipinski definition) is 3. The minimum absolute atomic E-state index is 0. The number of aliphatic imine (C=N–C) groups is 2. The number of pyridine rings is 1. The van der Waals surface area contributed by atoms with E-state index in [1.165, 1.54) is 33.4 Å². The summed E-state index contributed by atoms with van der Waals surface area (Å²) in [6.07, 6.45) is 0. The van der Waals surface area contributed by atoms with E-state index in [2.05, 4.69) is 89.4 Å². The molecule has 3 aromatic rings. The Labute approximate surface area is 236 Å². The van der Waals surface area contributed by atoms with Gasteiger partial charge >= 0.3 is 40.8 Å². The Morgan fingerprint density at radius 3 is 1.29 bits per heavy atom. The molecule has 0 bridgehead atoms. The fourth-order valence-corrected chi connectivity index (χ4v) is 3.99. The maximum Gasteiger partial charge on any atom is 0 e. The van der Waals surface area contributed by atoms with Gasteiger partial charge in [0.25, 0.3) is 0 Å². The number of aromatic nitrogens is 1. The fraction of sp³-hybridized carbons (Fsp3) is 0.321. The van der Waals surface area contributed by atoms with Crippen LogP contribution in [0, 0.1) is 41.5 Å². The number of aryl methyl sites for hydroxylation is 6. The summed E-state index contributed by atoms with van der Waals surface area (Å²) in [7, 11) is 0. The quantitative estimate of drug-likeness (QED) is 0.115. The topological polar surface area (TPSA) is 37.6 Å². The summed E-state index contributed by atoms with van der Waals surface area (Å²) in [5, 5.41) is 0. The van der Waals surface area contributed by atoms with E-state index < -0.39 is 0 Å². The molecule has 0 saturated heterocycles. The normalized spacial score (nSPS) is 11.6. The van der Waals surface area contributed by atoms with E-state index in [-0.39, 0.29) is 17.1 Å². The molecule has 0 aliphatic carbocycles. The molecule has 3 rings (SSSR count). The average molecular weight is 723 g/mol. The monoisotopic (exact) mass is 723 g/mol. The third-order valence-electron chi connectivity index (χ3n) is 5.32. The molecule has 184 valence electrons. The Bertz CT molecular complexity index is 1070. The number of benzene rings is 2. The van der Waals surface area contributed by atoms with E-state index in [0.717, 1.165) is 34.2 Å². The van der Waals surface area contributed by atoms with Crippen molar-refractivity contribution in [3.8, 4) is 0 Å². The predicted octanol–water partition coefficient (Wildman–Crippen LogP) is 8.88. The van der Waals surface area contributed by atoms with Crippen LogP contribution in [-0.2, 0) is 17.1 Å². The molecule has 0 N–H and O–H groups in total. The zero-order chi connectivity index (χ0) is 24.7. The minimum atomic E-state index is 0. The van der Waals surface area contributed by atoms with Crippen LogP contribution in [0.1, 0.15) is 58.6 Å². The molecule has 1 aromatic heterocycles. The van der Waals surface area contributed by atoms with Crippen LogP contribution in [0.4, 0.5) is 11.4 Å². The number of nitrogens with zero attached hydrogens (tertiary/aromatic N) is 3. The molecule has 0 atom stereocenters. The fourth-order valence-electron chi connectivity index (χ4n) is 3.99. The summed E-state index contributed by atoms with van der Waals surface area (Å²) in [6.45, 7) is 16.7. The van der Waals surface area contributed by atoms with E-state index in [1.54, 1.807) is 0 Å². The first-order chi connectivity index (χ1) is 15.6. The summed E-state index contributed by atoms with van der Waals surface area (Å²) in [6, 6.07) is 14.7. The first kappa shape index (κ1) is 30.9. The van der Waals surface area contributed by atoms with Crippen LogP contribution in [0.3, 0.4) is 0 Å². The summed E-state index contributed by atoms with van der Waals surface area (Å²) in [5.41, 5.74) is 12.9. The molecule has 0 spiro atoms. The molecule has 34 heavy (non-hydrogen) atoms. The number of rotatable bonds is 4. The van der Waals surface area contributed by atoms with E-state index >= 15 is 0 Å². The van der Waals surface area contributed by atoms with E-state index in [0.29, 0.717) is 17.2 Å². The van der Waals surface area contributed by atoms with Gasteiger partial charge in [-0.3, -0.25) is 9.98 Å². The second kappa shape index (κ2) is 14.5. The van der Waals surface area contributed by atoms with Gasteiger partial charge in [-0.15, -0.1) is 0 Å². The van der Waals surface area contributed by atoms with Crippen molar-refractivity contribution in [3.63, 3.8) is 0 Å². The number of halogens is 2. The zero-order valence-electron chi connectivity index (χ0n) is 21.5. The molecule has 0 amide bonds. The SMILES string of the molecule is CC(=Nc1c(C)cc(C)cc1C)c1cccc(C(C)=Nc2c(C)cc(C)cc2C)n1.C[IH]I.[Fe]. The van der Waals surface area contributed by atoms with Crippen molar-refractivity contribution < 1.29 is 17.1 Å². The minimum Gasteiger partial charge on any atom is 0 e. The van der Waals surface area contributed by atoms with Gasteiger partial charge in [0.2, 0.25) is 0 Å². The smallest absolute Gasteiger partial charge is 0 e. The van der Waals surface area contributed by atoms with Crippen LogP contribution in [0.5, 0.6) is 0 Å². The Hall–Kier alpha value is -1.09. The number of hydrogen-bond donors (Lipinski definition) is 0. The Kier molecular flexibility index (Phi) is 13.2. The predicted molar refractivity (Wildman–Crippen MR) is 165 cm³/mol. The maximum atomic E-state index is 4.91. The summed E-state index contributed by atoms with van der Waals surface area (Å²) in [5.74, 6) is 0. The van der Waals surface area contributed by atoms with Crippen molar-refractivity contribution in [2.75, 3.05) is 4.93 Å². The molecule has 0 saturated carbocycles. The van der Waals surface area contributed by atoms with Crippen LogP contribution < -0.4 is 0 Å².